The number of benzene rings is 2. The average molecular weight is 456 g/mol. The molecule has 0 spiro atoms. The molecule has 2 aromatic carbocycles. The van der Waals surface area contributed by atoms with Gasteiger partial charge in [0.25, 0.3) is 15.8 Å². The third kappa shape index (κ3) is 7.19. The zero-order valence-electron chi connectivity index (χ0n) is 16.6. The molecule has 0 fully saturated rings. The summed E-state index contributed by atoms with van der Waals surface area (Å²) >= 11 is 0. The van der Waals surface area contributed by atoms with Gasteiger partial charge in [0.2, 0.25) is 5.96 Å². The van der Waals surface area contributed by atoms with Gasteiger partial charge in [-0.05, 0) is 42.5 Å². The second-order valence-corrected chi connectivity index (χ2v) is 7.42. The van der Waals surface area contributed by atoms with Crippen LogP contribution in [-0.4, -0.2) is 34.6 Å². The van der Waals surface area contributed by atoms with Gasteiger partial charge in [-0.25, -0.2) is 5.43 Å². The molecule has 1 aromatic heterocycles. The van der Waals surface area contributed by atoms with Gasteiger partial charge in [-0.1, -0.05) is 30.3 Å². The highest BCUT2D eigenvalue weighted by Crippen LogP contribution is 2.24. The van der Waals surface area contributed by atoms with Gasteiger partial charge in [0.1, 0.15) is 5.69 Å². The molecule has 32 heavy (non-hydrogen) atoms. The molecule has 0 unspecified atom stereocenters. The van der Waals surface area contributed by atoms with Gasteiger partial charge in [0, 0.05) is 24.2 Å². The SMILES string of the molecule is N=C(N)N/N=C/C=C/c1cccn1-c1ccccc1[N+](=O)[O-].O=S(=O)(O)c1ccccc1. The molecule has 3 aromatic rings. The number of hydrogen-bond acceptors (Lipinski definition) is 6. The van der Waals surface area contributed by atoms with Crippen molar-refractivity contribution in [1.29, 1.82) is 5.41 Å². The fourth-order valence-electron chi connectivity index (χ4n) is 2.46. The number of nitrogens with two attached hydrogens (primary N) is 1. The molecule has 0 radical (unpaired) electrons. The summed E-state index contributed by atoms with van der Waals surface area (Å²) < 4.78 is 30.9. The van der Waals surface area contributed by atoms with Crippen LogP contribution in [0.25, 0.3) is 11.8 Å². The number of nitrogens with one attached hydrogen (secondary N) is 2. The molecule has 5 N–H and O–H groups in total. The van der Waals surface area contributed by atoms with Crippen molar-refractivity contribution in [1.82, 2.24) is 9.99 Å². The van der Waals surface area contributed by atoms with E-state index < -0.39 is 15.0 Å². The second-order valence-electron chi connectivity index (χ2n) is 6.00. The molecular weight excluding hydrogens is 436 g/mol. The molecule has 3 rings (SSSR count). The van der Waals surface area contributed by atoms with E-state index in [1.807, 2.05) is 6.07 Å². The number of hydrogen-bond donors (Lipinski definition) is 4. The summed E-state index contributed by atoms with van der Waals surface area (Å²) in [5.41, 5.74) is 8.62. The van der Waals surface area contributed by atoms with Crippen LogP contribution in [0.3, 0.4) is 0 Å². The van der Waals surface area contributed by atoms with E-state index in [1.54, 1.807) is 65.4 Å². The zero-order valence-corrected chi connectivity index (χ0v) is 17.4. The summed E-state index contributed by atoms with van der Waals surface area (Å²) in [6.07, 6.45) is 6.55. The third-order valence-electron chi connectivity index (χ3n) is 3.77. The van der Waals surface area contributed by atoms with Crippen molar-refractivity contribution in [2.75, 3.05) is 0 Å². The lowest BCUT2D eigenvalue weighted by Crippen LogP contribution is -2.25. The van der Waals surface area contributed by atoms with Crippen molar-refractivity contribution >= 4 is 34.1 Å². The Morgan fingerprint density at radius 2 is 1.78 bits per heavy atom. The summed E-state index contributed by atoms with van der Waals surface area (Å²) in [5.74, 6) is -0.257. The number of aromatic nitrogens is 1. The molecule has 0 aliphatic heterocycles. The van der Waals surface area contributed by atoms with Gasteiger partial charge in [0.05, 0.1) is 9.82 Å². The lowest BCUT2D eigenvalue weighted by atomic mass is 10.2. The number of allylic oxidation sites excluding steroid dienone is 1. The van der Waals surface area contributed by atoms with Crippen LogP contribution in [0, 0.1) is 15.5 Å². The minimum Gasteiger partial charge on any atom is -0.369 e. The van der Waals surface area contributed by atoms with Crippen molar-refractivity contribution in [3.63, 3.8) is 0 Å². The lowest BCUT2D eigenvalue weighted by molar-refractivity contribution is -0.384. The molecule has 166 valence electrons. The first kappa shape index (κ1) is 24.0. The van der Waals surface area contributed by atoms with Gasteiger partial charge in [-0.2, -0.15) is 13.5 Å². The summed E-state index contributed by atoms with van der Waals surface area (Å²) in [6.45, 7) is 0. The van der Waals surface area contributed by atoms with Crippen LogP contribution in [0.4, 0.5) is 5.69 Å². The Balaban J connectivity index is 0.000000303. The Hall–Kier alpha value is -4.29. The highest BCUT2D eigenvalue weighted by atomic mass is 32.2. The first-order valence-electron chi connectivity index (χ1n) is 8.93. The van der Waals surface area contributed by atoms with Crippen molar-refractivity contribution < 1.29 is 17.9 Å². The van der Waals surface area contributed by atoms with Gasteiger partial charge in [-0.3, -0.25) is 20.1 Å². The normalized spacial score (nSPS) is 11.2. The van der Waals surface area contributed by atoms with Crippen molar-refractivity contribution in [3.05, 3.63) is 94.8 Å². The van der Waals surface area contributed by atoms with Crippen LogP contribution < -0.4 is 11.2 Å². The van der Waals surface area contributed by atoms with Crippen LogP contribution in [-0.2, 0) is 10.1 Å². The van der Waals surface area contributed by atoms with E-state index in [-0.39, 0.29) is 16.5 Å². The summed E-state index contributed by atoms with van der Waals surface area (Å²) in [7, 11) is -4.00. The fraction of sp³-hybridized carbons (Fsp3) is 0. The highest BCUT2D eigenvalue weighted by Gasteiger charge is 2.14. The predicted octanol–water partition coefficient (Wildman–Crippen LogP) is 2.80. The standard InChI is InChI=1S/C14H14N6O2.C6H6O3S/c15-14(16)18-17-9-3-5-11-6-4-10-19(11)12-7-1-2-8-13(12)20(21)22;7-10(8,9)6-4-2-1-3-5-6/h1-10H,(H4,15,16,18);1-5H,(H,7,8,9)/b5-3+,17-9+;. The van der Waals surface area contributed by atoms with E-state index in [9.17, 15) is 18.5 Å². The van der Waals surface area contributed by atoms with Gasteiger partial charge >= 0.3 is 0 Å². The van der Waals surface area contributed by atoms with Gasteiger partial charge < -0.3 is 10.3 Å². The summed E-state index contributed by atoms with van der Waals surface area (Å²) in [6, 6.07) is 17.5. The maximum absolute atomic E-state index is 11.1. The monoisotopic (exact) mass is 456 g/mol. The number of nitro benzene ring substituents is 1. The minimum absolute atomic E-state index is 0.0280. The molecule has 0 saturated carbocycles. The summed E-state index contributed by atoms with van der Waals surface area (Å²) in [5, 5.41) is 21.7. The van der Waals surface area contributed by atoms with Gasteiger partial charge in [-0.15, -0.1) is 0 Å². The zero-order chi connectivity index (χ0) is 23.6. The van der Waals surface area contributed by atoms with E-state index in [0.29, 0.717) is 5.69 Å². The quantitative estimate of drug-likeness (QED) is 0.145. The smallest absolute Gasteiger partial charge is 0.294 e. The Bertz CT molecular complexity index is 1240. The average Bonchev–Trinajstić information content (AvgIpc) is 3.22. The van der Waals surface area contributed by atoms with E-state index >= 15 is 0 Å². The molecule has 11 nitrogen and oxygen atoms in total. The molecule has 0 bridgehead atoms. The van der Waals surface area contributed by atoms with Crippen molar-refractivity contribution in [2.24, 2.45) is 10.8 Å². The predicted molar refractivity (Wildman–Crippen MR) is 121 cm³/mol. The molecule has 0 atom stereocenters. The van der Waals surface area contributed by atoms with E-state index in [4.69, 9.17) is 15.7 Å². The Morgan fingerprint density at radius 1 is 1.12 bits per heavy atom. The number of nitro groups is 1. The second kappa shape index (κ2) is 11.2. The maximum Gasteiger partial charge on any atom is 0.294 e. The molecule has 0 saturated heterocycles. The number of rotatable bonds is 6. The molecular formula is C20H20N6O5S. The number of hydrazone groups is 1. The van der Waals surface area contributed by atoms with Crippen LogP contribution in [0.5, 0.6) is 0 Å². The largest absolute Gasteiger partial charge is 0.369 e. The molecule has 12 heteroatoms. The Morgan fingerprint density at radius 3 is 2.38 bits per heavy atom. The Kier molecular flexibility index (Phi) is 8.39. The first-order chi connectivity index (χ1) is 15.2. The molecule has 0 aliphatic rings. The first-order valence-corrected chi connectivity index (χ1v) is 10.4. The topological polar surface area (TPSA) is 177 Å². The fourth-order valence-corrected chi connectivity index (χ4v) is 2.96. The van der Waals surface area contributed by atoms with Crippen LogP contribution >= 0.6 is 0 Å². The van der Waals surface area contributed by atoms with Crippen molar-refractivity contribution in [2.45, 2.75) is 4.90 Å². The number of guanidine groups is 1. The van der Waals surface area contributed by atoms with Gasteiger partial charge in [0.15, 0.2) is 0 Å². The summed E-state index contributed by atoms with van der Waals surface area (Å²) in [4.78, 5) is 10.6. The van der Waals surface area contributed by atoms with E-state index in [1.165, 1.54) is 24.4 Å². The maximum atomic E-state index is 11.1. The van der Waals surface area contributed by atoms with Crippen LogP contribution in [0.15, 0.2) is 89.0 Å². The molecule has 1 heterocycles. The molecule has 0 amide bonds. The van der Waals surface area contributed by atoms with E-state index in [2.05, 4.69) is 10.5 Å². The minimum atomic E-state index is -4.00. The molecule has 0 aliphatic carbocycles. The number of para-hydroxylation sites is 2. The lowest BCUT2D eigenvalue weighted by Gasteiger charge is -2.06. The van der Waals surface area contributed by atoms with Crippen LogP contribution in [0.2, 0.25) is 0 Å². The van der Waals surface area contributed by atoms with Crippen LogP contribution in [0.1, 0.15) is 5.69 Å². The number of nitrogens with zero attached hydrogens (tertiary/aromatic N) is 3. The Labute approximate surface area is 183 Å². The van der Waals surface area contributed by atoms with Crippen molar-refractivity contribution in [3.8, 4) is 5.69 Å². The highest BCUT2D eigenvalue weighted by molar-refractivity contribution is 7.85. The third-order valence-corrected chi connectivity index (χ3v) is 4.64. The van der Waals surface area contributed by atoms with E-state index in [0.717, 1.165) is 5.69 Å².